The van der Waals surface area contributed by atoms with Crippen molar-refractivity contribution in [2.75, 3.05) is 13.7 Å². The summed E-state index contributed by atoms with van der Waals surface area (Å²) in [4.78, 5) is 0. The van der Waals surface area contributed by atoms with Crippen LogP contribution in [0.5, 0.6) is 5.75 Å². The Hall–Kier alpha value is -1.10. The molecule has 0 saturated heterocycles. The molecule has 3 N–H and O–H groups in total. The third kappa shape index (κ3) is 2.16. The number of ether oxygens (including phenoxy) is 2. The van der Waals surface area contributed by atoms with E-state index < -0.39 is 5.60 Å². The van der Waals surface area contributed by atoms with Crippen LogP contribution in [0, 0.1) is 0 Å². The van der Waals surface area contributed by atoms with Gasteiger partial charge in [-0.1, -0.05) is 18.2 Å². The van der Waals surface area contributed by atoms with Gasteiger partial charge < -0.3 is 9.47 Å². The predicted octanol–water partition coefficient (Wildman–Crippen LogP) is 1.55. The number of hydrazine groups is 1. The number of rotatable bonds is 4. The number of hydrogen-bond donors (Lipinski definition) is 2. The molecule has 4 heteroatoms. The van der Waals surface area contributed by atoms with Crippen LogP contribution in [0.2, 0.25) is 0 Å². The van der Waals surface area contributed by atoms with Crippen molar-refractivity contribution in [2.24, 2.45) is 5.84 Å². The van der Waals surface area contributed by atoms with Crippen LogP contribution < -0.4 is 16.0 Å². The van der Waals surface area contributed by atoms with Crippen molar-refractivity contribution >= 4 is 0 Å². The van der Waals surface area contributed by atoms with Crippen LogP contribution in [0.4, 0.5) is 0 Å². The second kappa shape index (κ2) is 4.64. The minimum absolute atomic E-state index is 0.0967. The molecule has 0 bridgehead atoms. The molecule has 17 heavy (non-hydrogen) atoms. The molecule has 2 rings (SSSR count). The molecule has 0 radical (unpaired) electrons. The zero-order chi connectivity index (χ0) is 12.5. The van der Waals surface area contributed by atoms with E-state index in [9.17, 15) is 0 Å². The van der Waals surface area contributed by atoms with E-state index >= 15 is 0 Å². The lowest BCUT2D eigenvalue weighted by Crippen LogP contribution is -2.44. The number of nitrogens with one attached hydrogen (secondary N) is 1. The number of hydrogen-bond acceptors (Lipinski definition) is 4. The summed E-state index contributed by atoms with van der Waals surface area (Å²) in [6, 6.07) is 6.08. The third-order valence-electron chi connectivity index (χ3n) is 3.44. The lowest BCUT2D eigenvalue weighted by Gasteiger charge is -2.33. The van der Waals surface area contributed by atoms with E-state index in [0.717, 1.165) is 24.3 Å². The Morgan fingerprint density at radius 2 is 2.24 bits per heavy atom. The minimum Gasteiger partial charge on any atom is -0.493 e. The van der Waals surface area contributed by atoms with Gasteiger partial charge in [0.15, 0.2) is 0 Å². The van der Waals surface area contributed by atoms with Gasteiger partial charge in [0.1, 0.15) is 5.75 Å². The molecule has 0 amide bonds. The lowest BCUT2D eigenvalue weighted by molar-refractivity contribution is -0.0117. The predicted molar refractivity (Wildman–Crippen MR) is 66.8 cm³/mol. The minimum atomic E-state index is -0.393. The van der Waals surface area contributed by atoms with Gasteiger partial charge in [-0.3, -0.25) is 5.84 Å². The fourth-order valence-electron chi connectivity index (χ4n) is 2.25. The molecule has 1 heterocycles. The van der Waals surface area contributed by atoms with Crippen LogP contribution in [0.3, 0.4) is 0 Å². The molecule has 1 aromatic rings. The van der Waals surface area contributed by atoms with E-state index in [1.54, 1.807) is 7.11 Å². The van der Waals surface area contributed by atoms with Crippen LogP contribution in [-0.2, 0) is 11.2 Å². The van der Waals surface area contributed by atoms with Crippen molar-refractivity contribution in [2.45, 2.75) is 31.9 Å². The average molecular weight is 236 g/mol. The monoisotopic (exact) mass is 236 g/mol. The Bertz CT molecular complexity index is 404. The fourth-order valence-corrected chi connectivity index (χ4v) is 2.25. The lowest BCUT2D eigenvalue weighted by atomic mass is 9.90. The first-order valence-corrected chi connectivity index (χ1v) is 5.86. The van der Waals surface area contributed by atoms with Crippen molar-refractivity contribution in [1.82, 2.24) is 5.43 Å². The molecular formula is C13H20N2O2. The molecule has 1 aliphatic rings. The highest BCUT2D eigenvalue weighted by Gasteiger charge is 2.33. The maximum absolute atomic E-state index is 5.70. The molecule has 4 nitrogen and oxygen atoms in total. The zero-order valence-corrected chi connectivity index (χ0v) is 10.6. The van der Waals surface area contributed by atoms with Gasteiger partial charge >= 0.3 is 0 Å². The van der Waals surface area contributed by atoms with E-state index in [1.165, 1.54) is 5.56 Å². The molecule has 0 aromatic heterocycles. The normalized spacial score (nSPS) is 16.5. The first-order chi connectivity index (χ1) is 8.10. The number of para-hydroxylation sites is 1. The summed E-state index contributed by atoms with van der Waals surface area (Å²) < 4.78 is 11.2. The van der Waals surface area contributed by atoms with Crippen LogP contribution in [0.1, 0.15) is 31.0 Å². The highest BCUT2D eigenvalue weighted by atomic mass is 16.5. The van der Waals surface area contributed by atoms with E-state index in [1.807, 2.05) is 26.0 Å². The first-order valence-electron chi connectivity index (χ1n) is 5.86. The second-order valence-electron chi connectivity index (χ2n) is 4.84. The molecule has 0 saturated carbocycles. The summed E-state index contributed by atoms with van der Waals surface area (Å²) in [6.07, 6.45) is 0.966. The van der Waals surface area contributed by atoms with E-state index in [2.05, 4.69) is 11.5 Å². The molecule has 0 spiro atoms. The van der Waals surface area contributed by atoms with Crippen LogP contribution >= 0.6 is 0 Å². The Morgan fingerprint density at radius 3 is 2.88 bits per heavy atom. The number of benzene rings is 1. The van der Waals surface area contributed by atoms with Gasteiger partial charge in [-0.25, -0.2) is 5.43 Å². The maximum Gasteiger partial charge on any atom is 0.127 e. The van der Waals surface area contributed by atoms with Gasteiger partial charge in [-0.2, -0.15) is 0 Å². The summed E-state index contributed by atoms with van der Waals surface area (Å²) >= 11 is 0. The molecule has 0 fully saturated rings. The topological polar surface area (TPSA) is 56.5 Å². The summed E-state index contributed by atoms with van der Waals surface area (Å²) in [6.45, 7) is 4.76. The standard InChI is InChI=1S/C13H20N2O2/c1-13(2,16-3)12(15-14)10-6-4-5-9-7-8-17-11(9)10/h4-6,12,15H,7-8,14H2,1-3H3. The smallest absolute Gasteiger partial charge is 0.127 e. The Balaban J connectivity index is 2.42. The van der Waals surface area contributed by atoms with Crippen molar-refractivity contribution in [1.29, 1.82) is 0 Å². The van der Waals surface area contributed by atoms with Crippen LogP contribution in [0.25, 0.3) is 0 Å². The van der Waals surface area contributed by atoms with Crippen molar-refractivity contribution in [3.05, 3.63) is 29.3 Å². The highest BCUT2D eigenvalue weighted by molar-refractivity contribution is 5.46. The molecule has 0 aliphatic carbocycles. The Morgan fingerprint density at radius 1 is 1.47 bits per heavy atom. The summed E-state index contributed by atoms with van der Waals surface area (Å²) in [5.41, 5.74) is 4.75. The molecule has 1 aliphatic heterocycles. The summed E-state index contributed by atoms with van der Waals surface area (Å²) in [5, 5.41) is 0. The van der Waals surface area contributed by atoms with Crippen molar-refractivity contribution < 1.29 is 9.47 Å². The average Bonchev–Trinajstić information content (AvgIpc) is 2.78. The van der Waals surface area contributed by atoms with Crippen LogP contribution in [-0.4, -0.2) is 19.3 Å². The van der Waals surface area contributed by atoms with E-state index in [-0.39, 0.29) is 6.04 Å². The zero-order valence-electron chi connectivity index (χ0n) is 10.6. The SMILES string of the molecule is COC(C)(C)C(NN)c1cccc2c1OCC2. The number of fused-ring (bicyclic) bond motifs is 1. The summed E-state index contributed by atoms with van der Waals surface area (Å²) in [7, 11) is 1.69. The largest absolute Gasteiger partial charge is 0.493 e. The van der Waals surface area contributed by atoms with Gasteiger partial charge in [0, 0.05) is 19.1 Å². The van der Waals surface area contributed by atoms with E-state index in [0.29, 0.717) is 0 Å². The maximum atomic E-state index is 5.70. The van der Waals surface area contributed by atoms with E-state index in [4.69, 9.17) is 15.3 Å². The number of nitrogens with two attached hydrogens (primary N) is 1. The quantitative estimate of drug-likeness (QED) is 0.615. The van der Waals surface area contributed by atoms with Gasteiger partial charge in [-0.15, -0.1) is 0 Å². The Labute approximate surface area is 102 Å². The highest BCUT2D eigenvalue weighted by Crippen LogP contribution is 2.38. The fraction of sp³-hybridized carbons (Fsp3) is 0.538. The molecule has 1 atom stereocenters. The van der Waals surface area contributed by atoms with Gasteiger partial charge in [0.2, 0.25) is 0 Å². The van der Waals surface area contributed by atoms with Gasteiger partial charge in [0.05, 0.1) is 18.2 Å². The van der Waals surface area contributed by atoms with Gasteiger partial charge in [0.25, 0.3) is 0 Å². The molecule has 1 aromatic carbocycles. The van der Waals surface area contributed by atoms with Crippen molar-refractivity contribution in [3.8, 4) is 5.75 Å². The third-order valence-corrected chi connectivity index (χ3v) is 3.44. The molecular weight excluding hydrogens is 216 g/mol. The molecule has 94 valence electrons. The van der Waals surface area contributed by atoms with Crippen LogP contribution in [0.15, 0.2) is 18.2 Å². The first kappa shape index (κ1) is 12.4. The number of methoxy groups -OCH3 is 1. The Kier molecular flexibility index (Phi) is 3.38. The summed E-state index contributed by atoms with van der Waals surface area (Å²) in [5.74, 6) is 6.63. The second-order valence-corrected chi connectivity index (χ2v) is 4.84. The van der Waals surface area contributed by atoms with Gasteiger partial charge in [-0.05, 0) is 19.4 Å². The van der Waals surface area contributed by atoms with Crippen molar-refractivity contribution in [3.63, 3.8) is 0 Å². The molecule has 1 unspecified atom stereocenters.